The van der Waals surface area contributed by atoms with Crippen LogP contribution >= 0.6 is 11.3 Å². The van der Waals surface area contributed by atoms with Gasteiger partial charge >= 0.3 is 0 Å². The number of benzene rings is 1. The number of thiazole rings is 1. The molecule has 1 aromatic carbocycles. The Kier molecular flexibility index (Phi) is 7.78. The number of hydrogen-bond donors (Lipinski definition) is 1. The molecule has 31 heavy (non-hydrogen) atoms. The molecule has 0 radical (unpaired) electrons. The van der Waals surface area contributed by atoms with Crippen molar-refractivity contribution in [1.29, 1.82) is 0 Å². The van der Waals surface area contributed by atoms with Crippen LogP contribution in [0, 0.1) is 24.6 Å². The number of nitrogens with zero attached hydrogens (tertiary/aromatic N) is 3. The number of aromatic nitrogens is 1. The number of carbonyl (C=O) groups is 2. The van der Waals surface area contributed by atoms with Crippen molar-refractivity contribution in [2.75, 3.05) is 40.3 Å². The first-order valence-electron chi connectivity index (χ1n) is 10.7. The quantitative estimate of drug-likeness (QED) is 0.708. The largest absolute Gasteiger partial charge is 0.355 e. The molecule has 1 unspecified atom stereocenters. The summed E-state index contributed by atoms with van der Waals surface area (Å²) >= 11 is 1.35. The van der Waals surface area contributed by atoms with Crippen molar-refractivity contribution in [3.8, 4) is 10.6 Å². The van der Waals surface area contributed by atoms with Gasteiger partial charge in [-0.15, -0.1) is 11.3 Å². The van der Waals surface area contributed by atoms with Crippen molar-refractivity contribution in [2.45, 2.75) is 26.7 Å². The van der Waals surface area contributed by atoms with E-state index in [4.69, 9.17) is 0 Å². The van der Waals surface area contributed by atoms with Crippen molar-refractivity contribution in [2.24, 2.45) is 11.8 Å². The third-order valence-corrected chi connectivity index (χ3v) is 7.08. The van der Waals surface area contributed by atoms with Crippen molar-refractivity contribution >= 4 is 23.2 Å². The molecule has 1 saturated heterocycles. The van der Waals surface area contributed by atoms with Crippen LogP contribution < -0.4 is 5.32 Å². The van der Waals surface area contributed by atoms with Gasteiger partial charge in [-0.3, -0.25) is 9.59 Å². The first kappa shape index (κ1) is 23.3. The molecule has 0 bridgehead atoms. The smallest absolute Gasteiger partial charge is 0.265 e. The summed E-state index contributed by atoms with van der Waals surface area (Å²) in [5.74, 6) is 0.00551. The Morgan fingerprint density at radius 2 is 1.90 bits per heavy atom. The maximum absolute atomic E-state index is 13.2. The SMILES string of the molecule is Cc1nc(-c2ccc(F)cc2)sc1C(=O)N1CCC(C(C)C(=O)NCCN(C)C)CC1. The summed E-state index contributed by atoms with van der Waals surface area (Å²) in [5.41, 5.74) is 1.51. The highest BCUT2D eigenvalue weighted by Crippen LogP contribution is 2.31. The minimum Gasteiger partial charge on any atom is -0.355 e. The van der Waals surface area contributed by atoms with Crippen LogP contribution in [-0.4, -0.2) is 66.9 Å². The normalized spacial score (nSPS) is 15.9. The van der Waals surface area contributed by atoms with Gasteiger partial charge in [0.05, 0.1) is 5.69 Å². The molecule has 1 atom stereocenters. The highest BCUT2D eigenvalue weighted by molar-refractivity contribution is 7.17. The number of hydrogen-bond acceptors (Lipinski definition) is 5. The molecule has 3 rings (SSSR count). The minimum absolute atomic E-state index is 0.00935. The Balaban J connectivity index is 1.57. The Hall–Kier alpha value is -2.32. The highest BCUT2D eigenvalue weighted by Gasteiger charge is 2.31. The molecule has 1 fully saturated rings. The predicted molar refractivity (Wildman–Crippen MR) is 122 cm³/mol. The lowest BCUT2D eigenvalue weighted by Gasteiger charge is -2.34. The summed E-state index contributed by atoms with van der Waals surface area (Å²) < 4.78 is 13.2. The topological polar surface area (TPSA) is 65.5 Å². The number of likely N-dealkylation sites (N-methyl/N-ethyl adjacent to an activating group) is 1. The Morgan fingerprint density at radius 3 is 2.52 bits per heavy atom. The fraction of sp³-hybridized carbons (Fsp3) is 0.522. The monoisotopic (exact) mass is 446 g/mol. The van der Waals surface area contributed by atoms with E-state index in [0.717, 1.165) is 30.0 Å². The van der Waals surface area contributed by atoms with Crippen LogP contribution in [0.5, 0.6) is 0 Å². The highest BCUT2D eigenvalue weighted by atomic mass is 32.1. The average molecular weight is 447 g/mol. The first-order chi connectivity index (χ1) is 14.8. The molecule has 2 heterocycles. The standard InChI is InChI=1S/C23H31FN4O2S/c1-15(21(29)25-11-14-27(3)4)17-9-12-28(13-10-17)23(30)20-16(2)26-22(31-20)18-5-7-19(24)8-6-18/h5-8,15,17H,9-14H2,1-4H3,(H,25,29). The van der Waals surface area contributed by atoms with Crippen molar-refractivity contribution < 1.29 is 14.0 Å². The first-order valence-corrected chi connectivity index (χ1v) is 11.5. The molecule has 2 amide bonds. The van der Waals surface area contributed by atoms with E-state index in [1.165, 1.54) is 23.5 Å². The molecule has 1 N–H and O–H groups in total. The van der Waals surface area contributed by atoms with Crippen LogP contribution in [0.15, 0.2) is 24.3 Å². The fourth-order valence-corrected chi connectivity index (χ4v) is 4.87. The van der Waals surface area contributed by atoms with Gasteiger partial charge in [0.2, 0.25) is 5.91 Å². The zero-order valence-corrected chi connectivity index (χ0v) is 19.5. The number of nitrogens with one attached hydrogen (secondary N) is 1. The van der Waals surface area contributed by atoms with Gasteiger partial charge in [0.1, 0.15) is 15.7 Å². The van der Waals surface area contributed by atoms with Gasteiger partial charge in [-0.1, -0.05) is 6.92 Å². The zero-order valence-electron chi connectivity index (χ0n) is 18.7. The van der Waals surface area contributed by atoms with Crippen molar-refractivity contribution in [3.63, 3.8) is 0 Å². The number of aryl methyl sites for hydroxylation is 1. The van der Waals surface area contributed by atoms with E-state index in [1.807, 2.05) is 37.7 Å². The molecule has 8 heteroatoms. The summed E-state index contributed by atoms with van der Waals surface area (Å²) in [5, 5.41) is 3.73. The lowest BCUT2D eigenvalue weighted by Crippen LogP contribution is -2.43. The van der Waals surface area contributed by atoms with Crippen LogP contribution in [0.1, 0.15) is 35.1 Å². The van der Waals surface area contributed by atoms with Crippen LogP contribution in [-0.2, 0) is 4.79 Å². The van der Waals surface area contributed by atoms with Gasteiger partial charge in [-0.05, 0) is 64.0 Å². The Morgan fingerprint density at radius 1 is 1.26 bits per heavy atom. The minimum atomic E-state index is -0.295. The second-order valence-electron chi connectivity index (χ2n) is 8.45. The Labute approximate surface area is 187 Å². The van der Waals surface area contributed by atoms with E-state index in [0.29, 0.717) is 30.2 Å². The lowest BCUT2D eigenvalue weighted by molar-refractivity contribution is -0.126. The van der Waals surface area contributed by atoms with Gasteiger partial charge in [0.15, 0.2) is 0 Å². The predicted octanol–water partition coefficient (Wildman–Crippen LogP) is 3.42. The summed E-state index contributed by atoms with van der Waals surface area (Å²) in [6, 6.07) is 6.16. The lowest BCUT2D eigenvalue weighted by atomic mass is 9.85. The Bertz CT molecular complexity index is 905. The van der Waals surface area contributed by atoms with Crippen LogP contribution in [0.3, 0.4) is 0 Å². The van der Waals surface area contributed by atoms with Crippen molar-refractivity contribution in [1.82, 2.24) is 20.1 Å². The molecule has 1 aromatic heterocycles. The van der Waals surface area contributed by atoms with E-state index in [2.05, 4.69) is 10.3 Å². The third kappa shape index (κ3) is 5.89. The molecular weight excluding hydrogens is 415 g/mol. The van der Waals surface area contributed by atoms with E-state index >= 15 is 0 Å². The number of carbonyl (C=O) groups excluding carboxylic acids is 2. The zero-order chi connectivity index (χ0) is 22.5. The van der Waals surface area contributed by atoms with E-state index in [1.54, 1.807) is 12.1 Å². The molecular formula is C23H31FN4O2S. The molecule has 6 nitrogen and oxygen atoms in total. The van der Waals surface area contributed by atoms with E-state index in [-0.39, 0.29) is 29.5 Å². The van der Waals surface area contributed by atoms with Gasteiger partial charge in [0, 0.05) is 37.7 Å². The summed E-state index contributed by atoms with van der Waals surface area (Å²) in [6.45, 7) is 6.57. The van der Waals surface area contributed by atoms with Crippen LogP contribution in [0.2, 0.25) is 0 Å². The molecule has 2 aromatic rings. The number of amides is 2. The van der Waals surface area contributed by atoms with Crippen molar-refractivity contribution in [3.05, 3.63) is 40.7 Å². The van der Waals surface area contributed by atoms with Crippen LogP contribution in [0.25, 0.3) is 10.6 Å². The number of rotatable bonds is 7. The molecule has 1 aliphatic heterocycles. The second-order valence-corrected chi connectivity index (χ2v) is 9.45. The van der Waals surface area contributed by atoms with Gasteiger partial charge in [-0.25, -0.2) is 9.37 Å². The maximum Gasteiger partial charge on any atom is 0.265 e. The van der Waals surface area contributed by atoms with Crippen LogP contribution in [0.4, 0.5) is 4.39 Å². The third-order valence-electron chi connectivity index (χ3n) is 5.89. The molecule has 0 spiro atoms. The molecule has 168 valence electrons. The van der Waals surface area contributed by atoms with Gasteiger partial charge < -0.3 is 15.1 Å². The molecule has 1 aliphatic rings. The number of halogens is 1. The van der Waals surface area contributed by atoms with Gasteiger partial charge in [-0.2, -0.15) is 0 Å². The number of likely N-dealkylation sites (tertiary alicyclic amines) is 1. The van der Waals surface area contributed by atoms with Gasteiger partial charge in [0.25, 0.3) is 5.91 Å². The molecule has 0 aliphatic carbocycles. The summed E-state index contributed by atoms with van der Waals surface area (Å²) in [6.07, 6.45) is 1.63. The van der Waals surface area contributed by atoms with E-state index in [9.17, 15) is 14.0 Å². The van der Waals surface area contributed by atoms with E-state index < -0.39 is 0 Å². The summed E-state index contributed by atoms with van der Waals surface area (Å²) in [7, 11) is 3.96. The second kappa shape index (κ2) is 10.3. The maximum atomic E-state index is 13.2. The number of piperidine rings is 1. The summed E-state index contributed by atoms with van der Waals surface area (Å²) in [4.78, 5) is 34.6. The fourth-order valence-electron chi connectivity index (χ4n) is 3.83. The molecule has 0 saturated carbocycles. The average Bonchev–Trinajstić information content (AvgIpc) is 3.14.